The molecule has 0 unspecified atom stereocenters. The summed E-state index contributed by atoms with van der Waals surface area (Å²) in [5.74, 6) is 0.0385. The van der Waals surface area contributed by atoms with Gasteiger partial charge >= 0.3 is 0 Å². The van der Waals surface area contributed by atoms with Gasteiger partial charge in [0, 0.05) is 29.6 Å². The Morgan fingerprint density at radius 3 is 2.72 bits per heavy atom. The minimum atomic E-state index is -1.06. The fourth-order valence-electron chi connectivity index (χ4n) is 4.12. The number of aliphatic hydroxyl groups is 2. The Labute approximate surface area is 192 Å². The van der Waals surface area contributed by atoms with Crippen LogP contribution in [0.25, 0.3) is 16.9 Å². The van der Waals surface area contributed by atoms with Crippen molar-refractivity contribution in [3.8, 4) is 23.0 Å². The molecule has 1 saturated heterocycles. The number of aromatic nitrogens is 3. The van der Waals surface area contributed by atoms with Crippen molar-refractivity contribution in [3.05, 3.63) is 64.8 Å². The van der Waals surface area contributed by atoms with Gasteiger partial charge in [-0.05, 0) is 62.2 Å². The largest absolute Gasteiger partial charge is 0.393 e. The number of aliphatic hydroxyl groups excluding tert-OH is 1. The second-order valence-corrected chi connectivity index (χ2v) is 9.01. The van der Waals surface area contributed by atoms with E-state index < -0.39 is 5.60 Å². The normalized spacial score (nSPS) is 18.8. The number of piperidine rings is 1. The van der Waals surface area contributed by atoms with Crippen molar-refractivity contribution in [1.29, 1.82) is 5.26 Å². The molecular formula is C24H26ClN5O2. The maximum Gasteiger partial charge on any atom is 0.113 e. The lowest BCUT2D eigenvalue weighted by Crippen LogP contribution is -2.47. The molecule has 1 fully saturated rings. The van der Waals surface area contributed by atoms with Crippen LogP contribution in [0.4, 0.5) is 0 Å². The van der Waals surface area contributed by atoms with E-state index in [2.05, 4.69) is 21.3 Å². The number of halogens is 1. The van der Waals surface area contributed by atoms with Gasteiger partial charge in [0.25, 0.3) is 0 Å². The second-order valence-electron chi connectivity index (χ2n) is 8.60. The minimum absolute atomic E-state index is 0.0385. The molecule has 1 aliphatic heterocycles. The molecule has 2 N–H and O–H groups in total. The summed E-state index contributed by atoms with van der Waals surface area (Å²) in [4.78, 5) is 2.28. The molecule has 3 aromatic rings. The summed E-state index contributed by atoms with van der Waals surface area (Å²) in [7, 11) is 0. The molecule has 1 aromatic heterocycles. The van der Waals surface area contributed by atoms with Crippen LogP contribution in [0.3, 0.4) is 0 Å². The Morgan fingerprint density at radius 2 is 2.03 bits per heavy atom. The molecule has 7 nitrogen and oxygen atoms in total. The highest BCUT2D eigenvalue weighted by Gasteiger charge is 2.34. The summed E-state index contributed by atoms with van der Waals surface area (Å²) in [6, 6.07) is 15.1. The van der Waals surface area contributed by atoms with E-state index in [0.29, 0.717) is 22.8 Å². The average molecular weight is 452 g/mol. The fraction of sp³-hybridized carbons (Fsp3) is 0.375. The van der Waals surface area contributed by atoms with Crippen LogP contribution < -0.4 is 0 Å². The molecule has 2 heterocycles. The summed E-state index contributed by atoms with van der Waals surface area (Å²) in [6.07, 6.45) is 3.72. The molecule has 32 heavy (non-hydrogen) atoms. The van der Waals surface area contributed by atoms with Crippen molar-refractivity contribution in [2.24, 2.45) is 5.92 Å². The van der Waals surface area contributed by atoms with Crippen LogP contribution in [0, 0.1) is 17.2 Å². The Bertz CT molecular complexity index is 1120. The van der Waals surface area contributed by atoms with E-state index in [0.717, 1.165) is 42.7 Å². The van der Waals surface area contributed by atoms with Crippen LogP contribution in [-0.2, 0) is 6.54 Å². The average Bonchev–Trinajstić information content (AvgIpc) is 3.31. The first-order valence-corrected chi connectivity index (χ1v) is 11.0. The third kappa shape index (κ3) is 4.84. The Kier molecular flexibility index (Phi) is 6.58. The zero-order valence-electron chi connectivity index (χ0n) is 17.9. The van der Waals surface area contributed by atoms with Gasteiger partial charge in [-0.3, -0.25) is 4.90 Å². The Morgan fingerprint density at radius 1 is 1.25 bits per heavy atom. The van der Waals surface area contributed by atoms with Gasteiger partial charge in [-0.15, -0.1) is 5.10 Å². The highest BCUT2D eigenvalue weighted by Crippen LogP contribution is 2.30. The van der Waals surface area contributed by atoms with Gasteiger partial charge in [-0.2, -0.15) is 5.26 Å². The number of rotatable bonds is 6. The molecule has 0 saturated carbocycles. The molecule has 166 valence electrons. The number of nitriles is 1. The van der Waals surface area contributed by atoms with Gasteiger partial charge in [0.1, 0.15) is 5.69 Å². The van der Waals surface area contributed by atoms with E-state index in [1.54, 1.807) is 23.7 Å². The van der Waals surface area contributed by atoms with Gasteiger partial charge in [0.2, 0.25) is 0 Å². The SMILES string of the molecule is C[C@@](O)(CO)[C@H]1CCCN(Cc2ccc(-c3cn(-c4ccc(C#N)cc4)nn3)cc2Cl)C1. The van der Waals surface area contributed by atoms with Crippen LogP contribution in [0.5, 0.6) is 0 Å². The maximum atomic E-state index is 10.4. The monoisotopic (exact) mass is 451 g/mol. The molecule has 0 spiro atoms. The standard InChI is InChI=1S/C24H26ClN5O2/c1-24(32,16-31)20-3-2-10-29(14-20)13-19-7-6-18(11-22(19)25)23-15-30(28-27-23)21-8-4-17(12-26)5-9-21/h4-9,11,15,20,31-32H,2-3,10,13-14,16H2,1H3/t20-,24+/m0/s1. The van der Waals surface area contributed by atoms with Crippen LogP contribution in [-0.4, -0.2) is 55.4 Å². The van der Waals surface area contributed by atoms with Gasteiger partial charge < -0.3 is 10.2 Å². The number of benzene rings is 2. The van der Waals surface area contributed by atoms with Gasteiger partial charge in [0.05, 0.1) is 35.7 Å². The first kappa shape index (κ1) is 22.4. The quantitative estimate of drug-likeness (QED) is 0.596. The molecule has 1 aliphatic rings. The lowest BCUT2D eigenvalue weighted by molar-refractivity contribution is -0.0697. The van der Waals surface area contributed by atoms with E-state index in [4.69, 9.17) is 16.9 Å². The first-order chi connectivity index (χ1) is 15.4. The van der Waals surface area contributed by atoms with Crippen molar-refractivity contribution >= 4 is 11.6 Å². The predicted octanol–water partition coefficient (Wildman–Crippen LogP) is 3.41. The van der Waals surface area contributed by atoms with Gasteiger partial charge in [-0.25, -0.2) is 4.68 Å². The van der Waals surface area contributed by atoms with Crippen LogP contribution in [0.2, 0.25) is 5.02 Å². The lowest BCUT2D eigenvalue weighted by Gasteiger charge is -2.39. The molecule has 0 aliphatic carbocycles. The Hall–Kier alpha value is -2.76. The van der Waals surface area contributed by atoms with E-state index in [9.17, 15) is 10.2 Å². The zero-order valence-corrected chi connectivity index (χ0v) is 18.7. The van der Waals surface area contributed by atoms with Crippen LogP contribution in [0.15, 0.2) is 48.7 Å². The molecule has 0 amide bonds. The summed E-state index contributed by atoms with van der Waals surface area (Å²) in [6.45, 7) is 3.83. The maximum absolute atomic E-state index is 10.4. The number of hydrogen-bond acceptors (Lipinski definition) is 6. The molecular weight excluding hydrogens is 426 g/mol. The summed E-state index contributed by atoms with van der Waals surface area (Å²) in [5.41, 5.74) is 2.95. The molecule has 0 bridgehead atoms. The highest BCUT2D eigenvalue weighted by molar-refractivity contribution is 6.31. The number of nitrogens with zero attached hydrogens (tertiary/aromatic N) is 5. The van der Waals surface area contributed by atoms with Crippen molar-refractivity contribution in [1.82, 2.24) is 19.9 Å². The van der Waals surface area contributed by atoms with Crippen molar-refractivity contribution in [3.63, 3.8) is 0 Å². The fourth-order valence-corrected chi connectivity index (χ4v) is 4.36. The van der Waals surface area contributed by atoms with Crippen molar-refractivity contribution in [2.75, 3.05) is 19.7 Å². The summed E-state index contributed by atoms with van der Waals surface area (Å²) in [5, 5.41) is 38.0. The van der Waals surface area contributed by atoms with E-state index in [-0.39, 0.29) is 12.5 Å². The molecule has 0 radical (unpaired) electrons. The van der Waals surface area contributed by atoms with E-state index >= 15 is 0 Å². The highest BCUT2D eigenvalue weighted by atomic mass is 35.5. The second kappa shape index (κ2) is 9.39. The third-order valence-electron chi connectivity index (χ3n) is 6.20. The van der Waals surface area contributed by atoms with E-state index in [1.807, 2.05) is 36.5 Å². The lowest BCUT2D eigenvalue weighted by atomic mass is 9.83. The van der Waals surface area contributed by atoms with Gasteiger partial charge in [-0.1, -0.05) is 28.9 Å². The molecule has 2 aromatic carbocycles. The van der Waals surface area contributed by atoms with Crippen LogP contribution >= 0.6 is 11.6 Å². The van der Waals surface area contributed by atoms with Gasteiger partial charge in [0.15, 0.2) is 0 Å². The Balaban J connectivity index is 1.47. The van der Waals surface area contributed by atoms with E-state index in [1.165, 1.54) is 0 Å². The number of likely N-dealkylation sites (tertiary alicyclic amines) is 1. The third-order valence-corrected chi connectivity index (χ3v) is 6.55. The van der Waals surface area contributed by atoms with Crippen molar-refractivity contribution in [2.45, 2.75) is 31.9 Å². The summed E-state index contributed by atoms with van der Waals surface area (Å²) >= 11 is 6.61. The van der Waals surface area contributed by atoms with Crippen molar-refractivity contribution < 1.29 is 10.2 Å². The smallest absolute Gasteiger partial charge is 0.113 e. The first-order valence-electron chi connectivity index (χ1n) is 10.7. The minimum Gasteiger partial charge on any atom is -0.393 e. The molecule has 4 rings (SSSR count). The zero-order chi connectivity index (χ0) is 22.7. The van der Waals surface area contributed by atoms with Crippen LogP contribution in [0.1, 0.15) is 30.9 Å². The topological polar surface area (TPSA) is 98.2 Å². The number of hydrogen-bond donors (Lipinski definition) is 2. The predicted molar refractivity (Wildman–Crippen MR) is 122 cm³/mol. The molecule has 8 heteroatoms. The summed E-state index contributed by atoms with van der Waals surface area (Å²) < 4.78 is 1.67. The molecule has 2 atom stereocenters.